The Morgan fingerprint density at radius 3 is 2.88 bits per heavy atom. The number of aromatic nitrogens is 4. The van der Waals surface area contributed by atoms with E-state index in [9.17, 15) is 9.90 Å². The number of hydrogen-bond donors (Lipinski definition) is 3. The van der Waals surface area contributed by atoms with Gasteiger partial charge in [0.2, 0.25) is 5.95 Å². The second-order valence-corrected chi connectivity index (χ2v) is 5.90. The van der Waals surface area contributed by atoms with E-state index in [2.05, 4.69) is 15.0 Å². The zero-order valence-electron chi connectivity index (χ0n) is 13.8. The number of imidazole rings is 1. The summed E-state index contributed by atoms with van der Waals surface area (Å²) in [5.74, 6) is 0.0460. The number of anilines is 1. The van der Waals surface area contributed by atoms with Crippen LogP contribution in [0.2, 0.25) is 0 Å². The lowest BCUT2D eigenvalue weighted by Gasteiger charge is -2.15. The molecule has 0 aliphatic heterocycles. The summed E-state index contributed by atoms with van der Waals surface area (Å²) in [5.41, 5.74) is 7.04. The lowest BCUT2D eigenvalue weighted by Crippen LogP contribution is -2.17. The van der Waals surface area contributed by atoms with Crippen LogP contribution in [0, 0.1) is 5.92 Å². The van der Waals surface area contributed by atoms with Crippen molar-refractivity contribution in [1.29, 1.82) is 0 Å². The van der Waals surface area contributed by atoms with Crippen LogP contribution in [0.25, 0.3) is 11.2 Å². The summed E-state index contributed by atoms with van der Waals surface area (Å²) in [6.45, 7) is 1.55. The summed E-state index contributed by atoms with van der Waals surface area (Å²) < 4.78 is 7.46. The highest BCUT2D eigenvalue weighted by atomic mass is 16.5. The van der Waals surface area contributed by atoms with Crippen LogP contribution in [-0.4, -0.2) is 37.8 Å². The van der Waals surface area contributed by atoms with Gasteiger partial charge in [0, 0.05) is 19.1 Å². The molecule has 1 atom stereocenters. The molecule has 0 aliphatic rings. The van der Waals surface area contributed by atoms with Gasteiger partial charge in [0.25, 0.3) is 5.56 Å². The van der Waals surface area contributed by atoms with Gasteiger partial charge in [0.15, 0.2) is 11.2 Å². The molecule has 0 radical (unpaired) electrons. The first kappa shape index (κ1) is 17.1. The van der Waals surface area contributed by atoms with Gasteiger partial charge in [0.1, 0.15) is 0 Å². The molecule has 0 saturated carbocycles. The van der Waals surface area contributed by atoms with Crippen LogP contribution < -0.4 is 11.3 Å². The average Bonchev–Trinajstić information content (AvgIpc) is 3.02. The second kappa shape index (κ2) is 7.91. The highest BCUT2D eigenvalue weighted by molar-refractivity contribution is 5.70. The predicted octanol–water partition coefficient (Wildman–Crippen LogP) is 0.917. The van der Waals surface area contributed by atoms with Crippen LogP contribution in [0.4, 0.5) is 5.95 Å². The zero-order chi connectivity index (χ0) is 17.6. The van der Waals surface area contributed by atoms with Crippen LogP contribution in [0.1, 0.15) is 12.0 Å². The van der Waals surface area contributed by atoms with E-state index in [1.54, 1.807) is 10.9 Å². The number of aliphatic hydroxyl groups is 1. The number of nitrogens with two attached hydrogens (primary N) is 1. The monoisotopic (exact) mass is 343 g/mol. The molecule has 3 rings (SSSR count). The zero-order valence-corrected chi connectivity index (χ0v) is 13.8. The molecule has 0 spiro atoms. The number of rotatable bonds is 8. The first-order valence-electron chi connectivity index (χ1n) is 8.10. The molecule has 0 bridgehead atoms. The summed E-state index contributed by atoms with van der Waals surface area (Å²) in [7, 11) is 0. The smallest absolute Gasteiger partial charge is 0.280 e. The third-order valence-corrected chi connectivity index (χ3v) is 3.99. The van der Waals surface area contributed by atoms with Crippen molar-refractivity contribution in [2.24, 2.45) is 5.92 Å². The van der Waals surface area contributed by atoms with E-state index in [1.807, 2.05) is 30.3 Å². The Kier molecular flexibility index (Phi) is 5.42. The Labute approximate surface area is 144 Å². The van der Waals surface area contributed by atoms with E-state index in [4.69, 9.17) is 10.5 Å². The Bertz CT molecular complexity index is 875. The number of fused-ring (bicyclic) bond motifs is 1. The number of ether oxygens (including phenoxy) is 1. The van der Waals surface area contributed by atoms with Gasteiger partial charge in [-0.05, 0) is 12.0 Å². The quantitative estimate of drug-likeness (QED) is 0.559. The van der Waals surface area contributed by atoms with E-state index in [-0.39, 0.29) is 29.5 Å². The van der Waals surface area contributed by atoms with Crippen molar-refractivity contribution in [3.05, 3.63) is 52.6 Å². The van der Waals surface area contributed by atoms with Crippen LogP contribution in [0.5, 0.6) is 0 Å². The molecule has 2 heterocycles. The van der Waals surface area contributed by atoms with Crippen LogP contribution in [0.3, 0.4) is 0 Å². The van der Waals surface area contributed by atoms with Crippen molar-refractivity contribution in [1.82, 2.24) is 19.5 Å². The first-order chi connectivity index (χ1) is 12.2. The largest absolute Gasteiger partial charge is 0.396 e. The molecule has 1 aromatic carbocycles. The third-order valence-electron chi connectivity index (χ3n) is 3.99. The number of H-pyrrole nitrogens is 1. The van der Waals surface area contributed by atoms with Crippen molar-refractivity contribution < 1.29 is 9.84 Å². The van der Waals surface area contributed by atoms with Gasteiger partial charge in [-0.25, -0.2) is 4.98 Å². The van der Waals surface area contributed by atoms with E-state index >= 15 is 0 Å². The number of aliphatic hydroxyl groups excluding tert-OH is 1. The molecule has 3 aromatic rings. The van der Waals surface area contributed by atoms with Gasteiger partial charge in [-0.1, -0.05) is 30.3 Å². The fraction of sp³-hybridized carbons (Fsp3) is 0.353. The molecule has 1 unspecified atom stereocenters. The molecule has 2 aromatic heterocycles. The van der Waals surface area contributed by atoms with Crippen molar-refractivity contribution >= 4 is 17.1 Å². The number of nitrogens with one attached hydrogen (secondary N) is 1. The molecule has 25 heavy (non-hydrogen) atoms. The lowest BCUT2D eigenvalue weighted by molar-refractivity contribution is 0.0580. The van der Waals surface area contributed by atoms with Gasteiger partial charge in [-0.3, -0.25) is 9.78 Å². The Morgan fingerprint density at radius 2 is 2.12 bits per heavy atom. The Morgan fingerprint density at radius 1 is 1.32 bits per heavy atom. The first-order valence-corrected chi connectivity index (χ1v) is 8.10. The normalized spacial score (nSPS) is 12.5. The summed E-state index contributed by atoms with van der Waals surface area (Å²) in [4.78, 5) is 22.4. The highest BCUT2D eigenvalue weighted by Crippen LogP contribution is 2.12. The average molecular weight is 343 g/mol. The molecule has 0 amide bonds. The van der Waals surface area contributed by atoms with Crippen molar-refractivity contribution in [2.75, 3.05) is 18.9 Å². The standard InChI is InChI=1S/C17H21N5O3/c18-17-20-15-14(16(24)21-17)19-11-22(15)7-6-13(8-23)10-25-9-12-4-2-1-3-5-12/h1-5,11,13,23H,6-10H2,(H3,18,20,21,24). The third kappa shape index (κ3) is 4.23. The number of nitrogens with zero attached hydrogens (tertiary/aromatic N) is 3. The second-order valence-electron chi connectivity index (χ2n) is 5.90. The number of aromatic amines is 1. The molecule has 0 fully saturated rings. The Hall–Kier alpha value is -2.71. The maximum atomic E-state index is 11.8. The minimum Gasteiger partial charge on any atom is -0.396 e. The minimum absolute atomic E-state index is 0.0134. The molecule has 8 heteroatoms. The van der Waals surface area contributed by atoms with Gasteiger partial charge in [0.05, 0.1) is 19.5 Å². The van der Waals surface area contributed by atoms with Gasteiger partial charge < -0.3 is 20.1 Å². The van der Waals surface area contributed by atoms with Crippen molar-refractivity contribution in [3.63, 3.8) is 0 Å². The van der Waals surface area contributed by atoms with Crippen LogP contribution in [0.15, 0.2) is 41.5 Å². The van der Waals surface area contributed by atoms with E-state index in [0.717, 1.165) is 5.56 Å². The summed E-state index contributed by atoms with van der Waals surface area (Å²) in [6.07, 6.45) is 2.23. The number of nitrogen functional groups attached to an aromatic ring is 1. The topological polar surface area (TPSA) is 119 Å². The van der Waals surface area contributed by atoms with Gasteiger partial charge in [-0.2, -0.15) is 4.98 Å². The molecule has 0 aliphatic carbocycles. The van der Waals surface area contributed by atoms with Gasteiger partial charge >= 0.3 is 0 Å². The summed E-state index contributed by atoms with van der Waals surface area (Å²) in [6, 6.07) is 9.89. The minimum atomic E-state index is -0.355. The van der Waals surface area contributed by atoms with Gasteiger partial charge in [-0.15, -0.1) is 0 Å². The van der Waals surface area contributed by atoms with Crippen molar-refractivity contribution in [2.45, 2.75) is 19.6 Å². The van der Waals surface area contributed by atoms with E-state index in [0.29, 0.717) is 31.8 Å². The fourth-order valence-electron chi connectivity index (χ4n) is 2.60. The predicted molar refractivity (Wildman–Crippen MR) is 93.9 cm³/mol. The van der Waals surface area contributed by atoms with E-state index < -0.39 is 0 Å². The molecule has 132 valence electrons. The lowest BCUT2D eigenvalue weighted by atomic mass is 10.1. The molecular formula is C17H21N5O3. The SMILES string of the molecule is Nc1nc2c(ncn2CCC(CO)COCc2ccccc2)c(=O)[nH]1. The number of benzene rings is 1. The maximum absolute atomic E-state index is 11.8. The molecular weight excluding hydrogens is 322 g/mol. The van der Waals surface area contributed by atoms with Crippen LogP contribution in [-0.2, 0) is 17.9 Å². The fourth-order valence-corrected chi connectivity index (χ4v) is 2.60. The molecule has 4 N–H and O–H groups in total. The molecule has 8 nitrogen and oxygen atoms in total. The van der Waals surface area contributed by atoms with Crippen molar-refractivity contribution in [3.8, 4) is 0 Å². The maximum Gasteiger partial charge on any atom is 0.280 e. The van der Waals surface area contributed by atoms with Crippen LogP contribution >= 0.6 is 0 Å². The highest BCUT2D eigenvalue weighted by Gasteiger charge is 2.12. The van der Waals surface area contributed by atoms with E-state index in [1.165, 1.54) is 0 Å². The summed E-state index contributed by atoms with van der Waals surface area (Å²) in [5, 5.41) is 9.56. The number of aryl methyl sites for hydroxylation is 1. The molecule has 0 saturated heterocycles. The summed E-state index contributed by atoms with van der Waals surface area (Å²) >= 11 is 0. The Balaban J connectivity index is 1.57. The number of hydrogen-bond acceptors (Lipinski definition) is 6.